The van der Waals surface area contributed by atoms with E-state index in [9.17, 15) is 8.42 Å². The van der Waals surface area contributed by atoms with E-state index in [1.807, 2.05) is 0 Å². The van der Waals surface area contributed by atoms with Crippen LogP contribution in [0.5, 0.6) is 0 Å². The zero-order valence-electron chi connectivity index (χ0n) is 9.69. The molecule has 1 atom stereocenters. The molecular formula is C9H19N3O2S2. The van der Waals surface area contributed by atoms with Crippen LogP contribution in [0.2, 0.25) is 0 Å². The molecule has 0 saturated carbocycles. The summed E-state index contributed by atoms with van der Waals surface area (Å²) in [5.41, 5.74) is 0. The van der Waals surface area contributed by atoms with Gasteiger partial charge in [0.25, 0.3) is 0 Å². The summed E-state index contributed by atoms with van der Waals surface area (Å²) in [5, 5.41) is 4.28. The Morgan fingerprint density at radius 1 is 1.62 bits per heavy atom. The van der Waals surface area contributed by atoms with Crippen LogP contribution in [0.25, 0.3) is 0 Å². The van der Waals surface area contributed by atoms with E-state index in [1.54, 1.807) is 11.8 Å². The molecule has 1 heterocycles. The molecule has 0 amide bonds. The highest BCUT2D eigenvalue weighted by atomic mass is 32.2. The van der Waals surface area contributed by atoms with Crippen molar-refractivity contribution in [3.63, 3.8) is 0 Å². The van der Waals surface area contributed by atoms with Gasteiger partial charge in [-0.15, -0.1) is 0 Å². The summed E-state index contributed by atoms with van der Waals surface area (Å²) in [6.07, 6.45) is 3.06. The van der Waals surface area contributed by atoms with E-state index in [0.29, 0.717) is 19.1 Å². The third-order valence-electron chi connectivity index (χ3n) is 2.11. The molecule has 1 unspecified atom stereocenters. The van der Waals surface area contributed by atoms with Crippen LogP contribution in [0.4, 0.5) is 0 Å². The third kappa shape index (κ3) is 6.34. The predicted molar refractivity (Wildman–Crippen MR) is 69.4 cm³/mol. The molecule has 0 radical (unpaired) electrons. The SMILES string of the molecule is CC1CCSC(=NCCCNS(C)(=O)=O)N1. The quantitative estimate of drug-likeness (QED) is 0.706. The van der Waals surface area contributed by atoms with Crippen LogP contribution >= 0.6 is 11.8 Å². The van der Waals surface area contributed by atoms with E-state index in [1.165, 1.54) is 12.7 Å². The van der Waals surface area contributed by atoms with Crippen LogP contribution in [0, 0.1) is 0 Å². The van der Waals surface area contributed by atoms with Crippen LogP contribution in [0.3, 0.4) is 0 Å². The summed E-state index contributed by atoms with van der Waals surface area (Å²) < 4.78 is 24.0. The zero-order chi connectivity index (χ0) is 12.0. The lowest BCUT2D eigenvalue weighted by atomic mass is 10.3. The van der Waals surface area contributed by atoms with Gasteiger partial charge in [0.1, 0.15) is 0 Å². The van der Waals surface area contributed by atoms with Gasteiger partial charge in [-0.25, -0.2) is 13.1 Å². The molecule has 1 aliphatic heterocycles. The van der Waals surface area contributed by atoms with Gasteiger partial charge in [-0.2, -0.15) is 0 Å². The second-order valence-electron chi connectivity index (χ2n) is 3.89. The average molecular weight is 265 g/mol. The molecule has 1 rings (SSSR count). The maximum absolute atomic E-state index is 10.8. The minimum atomic E-state index is -3.06. The Hall–Kier alpha value is -0.270. The number of sulfonamides is 1. The van der Waals surface area contributed by atoms with Gasteiger partial charge >= 0.3 is 0 Å². The number of rotatable bonds is 5. The van der Waals surface area contributed by atoms with Gasteiger partial charge in [0.2, 0.25) is 10.0 Å². The summed E-state index contributed by atoms with van der Waals surface area (Å²) in [6.45, 7) is 3.25. The smallest absolute Gasteiger partial charge is 0.208 e. The van der Waals surface area contributed by atoms with Gasteiger partial charge < -0.3 is 5.32 Å². The predicted octanol–water partition coefficient (Wildman–Crippen LogP) is 0.397. The van der Waals surface area contributed by atoms with Gasteiger partial charge in [0.15, 0.2) is 5.17 Å². The van der Waals surface area contributed by atoms with Crippen LogP contribution in [0.1, 0.15) is 19.8 Å². The number of nitrogens with zero attached hydrogens (tertiary/aromatic N) is 1. The molecule has 0 aromatic heterocycles. The van der Waals surface area contributed by atoms with Gasteiger partial charge in [0.05, 0.1) is 6.26 Å². The Kier molecular flexibility index (Phi) is 5.57. The van der Waals surface area contributed by atoms with Gasteiger partial charge in [-0.3, -0.25) is 4.99 Å². The van der Waals surface area contributed by atoms with Crippen molar-refractivity contribution in [1.29, 1.82) is 0 Å². The molecule has 0 bridgehead atoms. The molecule has 1 fully saturated rings. The Morgan fingerprint density at radius 3 is 3.00 bits per heavy atom. The fourth-order valence-electron chi connectivity index (χ4n) is 1.27. The monoisotopic (exact) mass is 265 g/mol. The number of hydrogen-bond acceptors (Lipinski definition) is 4. The Morgan fingerprint density at radius 2 is 2.38 bits per heavy atom. The fraction of sp³-hybridized carbons (Fsp3) is 0.889. The maximum atomic E-state index is 10.8. The van der Waals surface area contributed by atoms with E-state index in [0.717, 1.165) is 17.3 Å². The van der Waals surface area contributed by atoms with Gasteiger partial charge in [-0.05, 0) is 19.8 Å². The second-order valence-corrected chi connectivity index (χ2v) is 6.81. The fourth-order valence-corrected chi connectivity index (χ4v) is 2.91. The minimum Gasteiger partial charge on any atom is -0.362 e. The largest absolute Gasteiger partial charge is 0.362 e. The topological polar surface area (TPSA) is 70.6 Å². The molecule has 7 heteroatoms. The molecule has 0 aromatic carbocycles. The zero-order valence-corrected chi connectivity index (χ0v) is 11.3. The van der Waals surface area contributed by atoms with Gasteiger partial charge in [0, 0.05) is 24.9 Å². The van der Waals surface area contributed by atoms with E-state index in [-0.39, 0.29) is 0 Å². The van der Waals surface area contributed by atoms with E-state index in [4.69, 9.17) is 0 Å². The number of hydrogen-bond donors (Lipinski definition) is 2. The van der Waals surface area contributed by atoms with Crippen molar-refractivity contribution in [2.75, 3.05) is 25.1 Å². The molecule has 5 nitrogen and oxygen atoms in total. The number of nitrogens with one attached hydrogen (secondary N) is 2. The van der Waals surface area contributed by atoms with Crippen LogP contribution in [0.15, 0.2) is 4.99 Å². The summed E-state index contributed by atoms with van der Waals surface area (Å²) in [6, 6.07) is 0.495. The molecule has 16 heavy (non-hydrogen) atoms. The second kappa shape index (κ2) is 6.46. The van der Waals surface area contributed by atoms with Gasteiger partial charge in [-0.1, -0.05) is 11.8 Å². The highest BCUT2D eigenvalue weighted by molar-refractivity contribution is 8.13. The maximum Gasteiger partial charge on any atom is 0.208 e. The molecule has 0 spiro atoms. The molecule has 1 saturated heterocycles. The van der Waals surface area contributed by atoms with Crippen molar-refractivity contribution in [3.8, 4) is 0 Å². The minimum absolute atomic E-state index is 0.454. The lowest BCUT2D eigenvalue weighted by Crippen LogP contribution is -2.35. The van der Waals surface area contributed by atoms with Crippen molar-refractivity contribution >= 4 is 27.0 Å². The summed E-state index contributed by atoms with van der Waals surface area (Å²) in [4.78, 5) is 4.39. The Bertz CT molecular complexity index is 341. The Balaban J connectivity index is 2.16. The van der Waals surface area contributed by atoms with Crippen molar-refractivity contribution in [2.45, 2.75) is 25.8 Å². The van der Waals surface area contributed by atoms with Crippen LogP contribution < -0.4 is 10.0 Å². The Labute approximate surface area is 102 Å². The van der Waals surface area contributed by atoms with E-state index in [2.05, 4.69) is 22.0 Å². The van der Waals surface area contributed by atoms with E-state index >= 15 is 0 Å². The molecule has 0 aromatic rings. The highest BCUT2D eigenvalue weighted by Gasteiger charge is 2.12. The molecular weight excluding hydrogens is 246 g/mol. The third-order valence-corrected chi connectivity index (χ3v) is 3.80. The normalized spacial score (nSPS) is 24.4. The highest BCUT2D eigenvalue weighted by Crippen LogP contribution is 2.13. The average Bonchev–Trinajstić information content (AvgIpc) is 2.15. The first-order chi connectivity index (χ1) is 7.47. The lowest BCUT2D eigenvalue weighted by Gasteiger charge is -2.21. The molecule has 94 valence electrons. The summed E-state index contributed by atoms with van der Waals surface area (Å²) in [5.74, 6) is 1.11. The first-order valence-electron chi connectivity index (χ1n) is 5.36. The molecule has 2 N–H and O–H groups in total. The van der Waals surface area contributed by atoms with Crippen molar-refractivity contribution in [3.05, 3.63) is 0 Å². The van der Waals surface area contributed by atoms with Crippen molar-refractivity contribution in [2.24, 2.45) is 4.99 Å². The lowest BCUT2D eigenvalue weighted by molar-refractivity contribution is 0.585. The first kappa shape index (κ1) is 13.8. The molecule has 0 aliphatic carbocycles. The van der Waals surface area contributed by atoms with Crippen molar-refractivity contribution < 1.29 is 8.42 Å². The summed E-state index contributed by atoms with van der Waals surface area (Å²) in [7, 11) is -3.06. The number of aliphatic imine (C=N–C) groups is 1. The molecule has 1 aliphatic rings. The summed E-state index contributed by atoms with van der Waals surface area (Å²) >= 11 is 1.73. The van der Waals surface area contributed by atoms with Crippen molar-refractivity contribution in [1.82, 2.24) is 10.0 Å². The van der Waals surface area contributed by atoms with E-state index < -0.39 is 10.0 Å². The van der Waals surface area contributed by atoms with Crippen LogP contribution in [-0.2, 0) is 10.0 Å². The standard InChI is InChI=1S/C9H19N3O2S2/c1-8-4-7-15-9(12-8)10-5-3-6-11-16(2,13)14/h8,11H,3-7H2,1-2H3,(H,10,12). The first-order valence-corrected chi connectivity index (χ1v) is 8.23. The number of amidine groups is 1. The number of thioether (sulfide) groups is 1. The van der Waals surface area contributed by atoms with Crippen LogP contribution in [-0.4, -0.2) is 44.7 Å².